The van der Waals surface area contributed by atoms with Crippen LogP contribution in [0, 0.1) is 0 Å². The van der Waals surface area contributed by atoms with E-state index in [-0.39, 0.29) is 13.4 Å². The molecular formula is C31H47ClNO8PS. The van der Waals surface area contributed by atoms with Crippen LogP contribution in [0.5, 0.6) is 5.75 Å². The number of hydrogen-bond acceptors (Lipinski definition) is 9. The molecule has 242 valence electrons. The molecule has 2 rings (SSSR count). The summed E-state index contributed by atoms with van der Waals surface area (Å²) in [7, 11) is 0.294. The van der Waals surface area contributed by atoms with Crippen LogP contribution in [-0.4, -0.2) is 52.0 Å². The van der Waals surface area contributed by atoms with Crippen LogP contribution in [0.4, 0.5) is 4.79 Å². The van der Waals surface area contributed by atoms with Gasteiger partial charge in [0.05, 0.1) is 17.0 Å². The lowest BCUT2D eigenvalue weighted by Gasteiger charge is -2.36. The Bertz CT molecular complexity index is 1230. The second-order valence-corrected chi connectivity index (χ2v) is 14.9. The third-order valence-corrected chi connectivity index (χ3v) is 9.25. The summed E-state index contributed by atoms with van der Waals surface area (Å²) in [4.78, 5) is 14.8. The fraction of sp³-hybridized carbons (Fsp3) is 0.581. The summed E-state index contributed by atoms with van der Waals surface area (Å²) in [6.07, 6.45) is 1.60. The molecule has 0 heterocycles. The summed E-state index contributed by atoms with van der Waals surface area (Å²) >= 11 is 8.36. The van der Waals surface area contributed by atoms with E-state index >= 15 is 0 Å². The average molecular weight is 660 g/mol. The fourth-order valence-corrected chi connectivity index (χ4v) is 6.41. The maximum Gasteiger partial charge on any atom is 0.474 e. The van der Waals surface area contributed by atoms with Crippen molar-refractivity contribution in [3.63, 3.8) is 0 Å². The highest BCUT2D eigenvalue weighted by molar-refractivity contribution is 7.99. The van der Waals surface area contributed by atoms with Crippen LogP contribution in [-0.2, 0) is 34.0 Å². The molecule has 0 spiro atoms. The molecule has 0 saturated carbocycles. The molecule has 2 aromatic carbocycles. The maximum atomic E-state index is 12.9. The predicted octanol–water partition coefficient (Wildman–Crippen LogP) is 9.01. The first-order valence-corrected chi connectivity index (χ1v) is 16.9. The van der Waals surface area contributed by atoms with Gasteiger partial charge in [-0.1, -0.05) is 62.7 Å². The molecule has 1 atom stereocenters. The Balaban J connectivity index is 2.32. The van der Waals surface area contributed by atoms with Gasteiger partial charge in [-0.3, -0.25) is 13.6 Å². The van der Waals surface area contributed by atoms with Crippen molar-refractivity contribution in [1.82, 2.24) is 5.32 Å². The molecule has 1 amide bonds. The number of benzene rings is 2. The van der Waals surface area contributed by atoms with Gasteiger partial charge in [0.1, 0.15) is 11.4 Å². The van der Waals surface area contributed by atoms with E-state index in [0.29, 0.717) is 30.2 Å². The molecule has 1 unspecified atom stereocenters. The van der Waals surface area contributed by atoms with Gasteiger partial charge in [-0.15, -0.1) is 0 Å². The number of aryl methyl sites for hydroxylation is 1. The molecule has 0 aliphatic rings. The molecule has 0 aliphatic heterocycles. The Morgan fingerprint density at radius 3 is 2.30 bits per heavy atom. The van der Waals surface area contributed by atoms with E-state index in [1.165, 1.54) is 19.8 Å². The molecule has 0 radical (unpaired) electrons. The van der Waals surface area contributed by atoms with E-state index in [0.717, 1.165) is 27.5 Å². The lowest BCUT2D eigenvalue weighted by atomic mass is 9.87. The predicted molar refractivity (Wildman–Crippen MR) is 172 cm³/mol. The van der Waals surface area contributed by atoms with Crippen LogP contribution >= 0.6 is 31.2 Å². The minimum atomic E-state index is -3.79. The third-order valence-electron chi connectivity index (χ3n) is 6.53. The minimum absolute atomic E-state index is 0.110. The molecule has 0 fully saturated rings. The number of phosphoric ester groups is 1. The monoisotopic (exact) mass is 659 g/mol. The van der Waals surface area contributed by atoms with Gasteiger partial charge in [0.2, 0.25) is 0 Å². The van der Waals surface area contributed by atoms with E-state index in [1.54, 1.807) is 39.6 Å². The number of rotatable bonds is 17. The van der Waals surface area contributed by atoms with Gasteiger partial charge in [-0.2, -0.15) is 0 Å². The van der Waals surface area contributed by atoms with Crippen molar-refractivity contribution in [2.45, 2.75) is 94.1 Å². The van der Waals surface area contributed by atoms with Crippen LogP contribution in [0.1, 0.15) is 77.8 Å². The summed E-state index contributed by atoms with van der Waals surface area (Å²) in [6, 6.07) is 12.1. The van der Waals surface area contributed by atoms with Crippen molar-refractivity contribution in [3.8, 4) is 5.75 Å². The minimum Gasteiger partial charge on any atom is -0.466 e. The number of amides is 1. The molecular weight excluding hydrogens is 613 g/mol. The Morgan fingerprint density at radius 1 is 1.05 bits per heavy atom. The lowest BCUT2D eigenvalue weighted by Crippen LogP contribution is -2.53. The fourth-order valence-electron chi connectivity index (χ4n) is 4.31. The van der Waals surface area contributed by atoms with Gasteiger partial charge < -0.3 is 19.5 Å². The van der Waals surface area contributed by atoms with Crippen LogP contribution < -0.4 is 10.1 Å². The van der Waals surface area contributed by atoms with E-state index in [9.17, 15) is 9.36 Å². The Labute approximate surface area is 266 Å². The van der Waals surface area contributed by atoms with E-state index in [1.807, 2.05) is 31.2 Å². The number of phosphoric acid groups is 1. The number of methoxy groups -OCH3 is 1. The smallest absolute Gasteiger partial charge is 0.466 e. The number of nitrogens with one attached hydrogen (secondary N) is 1. The topological polar surface area (TPSA) is 102 Å². The van der Waals surface area contributed by atoms with Gasteiger partial charge in [0.15, 0.2) is 6.79 Å². The third kappa shape index (κ3) is 12.3. The SMILES string of the molecule is CCCC(CCc1ccc(Sc2cc(C(C)C)ccc2OCOC)cc1Cl)(COP(=O)(OC)OC)NC(=O)OC(C)(C)C. The first kappa shape index (κ1) is 37.4. The van der Waals surface area contributed by atoms with Crippen LogP contribution in [0.25, 0.3) is 0 Å². The molecule has 0 bridgehead atoms. The zero-order valence-electron chi connectivity index (χ0n) is 26.8. The van der Waals surface area contributed by atoms with Crippen molar-refractivity contribution in [2.75, 3.05) is 34.7 Å². The van der Waals surface area contributed by atoms with Crippen molar-refractivity contribution >= 4 is 37.3 Å². The normalized spacial score (nSPS) is 13.6. The van der Waals surface area contributed by atoms with Crippen molar-refractivity contribution in [2.24, 2.45) is 0 Å². The largest absolute Gasteiger partial charge is 0.474 e. The Hall–Kier alpha value is -1.78. The number of alkyl carbamates (subject to hydrolysis) is 1. The number of halogens is 1. The van der Waals surface area contributed by atoms with Crippen LogP contribution in [0.2, 0.25) is 5.02 Å². The number of carbonyl (C=O) groups excluding carboxylic acids is 1. The molecule has 12 heteroatoms. The standard InChI is InChI=1S/C31H47ClNO8PS/c1-10-16-31(20-40-42(35,37-8)38-9,33-29(34)41-30(4,5)6)17-15-23-11-13-25(19-26(23)32)43-28-18-24(22(2)3)12-14-27(28)39-21-36-7/h11-14,18-19,22H,10,15-17,20-21H2,1-9H3,(H,33,34). The Morgan fingerprint density at radius 2 is 1.74 bits per heavy atom. The molecule has 0 aliphatic carbocycles. The van der Waals surface area contributed by atoms with E-state index < -0.39 is 25.1 Å². The number of ether oxygens (including phenoxy) is 3. The van der Waals surface area contributed by atoms with Gasteiger partial charge in [-0.05, 0) is 81.3 Å². The summed E-state index contributed by atoms with van der Waals surface area (Å²) in [5, 5.41) is 3.58. The number of hydrogen-bond donors (Lipinski definition) is 1. The lowest BCUT2D eigenvalue weighted by molar-refractivity contribution is 0.0351. The van der Waals surface area contributed by atoms with E-state index in [2.05, 4.69) is 31.3 Å². The molecule has 0 saturated heterocycles. The number of carbonyl (C=O) groups is 1. The maximum absolute atomic E-state index is 12.9. The first-order valence-electron chi connectivity index (χ1n) is 14.3. The van der Waals surface area contributed by atoms with Crippen LogP contribution in [0.15, 0.2) is 46.2 Å². The highest BCUT2D eigenvalue weighted by Gasteiger charge is 2.37. The highest BCUT2D eigenvalue weighted by atomic mass is 35.5. The molecule has 1 N–H and O–H groups in total. The quantitative estimate of drug-likeness (QED) is 0.132. The summed E-state index contributed by atoms with van der Waals surface area (Å²) in [5.74, 6) is 1.10. The zero-order chi connectivity index (χ0) is 32.3. The molecule has 0 aromatic heterocycles. The highest BCUT2D eigenvalue weighted by Crippen LogP contribution is 2.48. The second kappa shape index (κ2) is 17.1. The molecule has 9 nitrogen and oxygen atoms in total. The van der Waals surface area contributed by atoms with Gasteiger partial charge >= 0.3 is 13.9 Å². The zero-order valence-corrected chi connectivity index (χ0v) is 29.3. The summed E-state index contributed by atoms with van der Waals surface area (Å²) in [5.41, 5.74) is 0.474. The summed E-state index contributed by atoms with van der Waals surface area (Å²) in [6.45, 7) is 11.7. The van der Waals surface area contributed by atoms with Gasteiger partial charge in [-0.25, -0.2) is 9.36 Å². The van der Waals surface area contributed by atoms with Gasteiger partial charge in [0.25, 0.3) is 0 Å². The van der Waals surface area contributed by atoms with E-state index in [4.69, 9.17) is 39.4 Å². The summed E-state index contributed by atoms with van der Waals surface area (Å²) < 4.78 is 44.7. The van der Waals surface area contributed by atoms with Crippen molar-refractivity contribution in [1.29, 1.82) is 0 Å². The first-order chi connectivity index (χ1) is 20.2. The molecule has 2 aromatic rings. The average Bonchev–Trinajstić information content (AvgIpc) is 2.93. The second-order valence-electron chi connectivity index (χ2n) is 11.5. The Kier molecular flexibility index (Phi) is 14.8. The van der Waals surface area contributed by atoms with Crippen molar-refractivity contribution < 1.29 is 37.1 Å². The van der Waals surface area contributed by atoms with Crippen LogP contribution in [0.3, 0.4) is 0 Å². The van der Waals surface area contributed by atoms with Gasteiger partial charge in [0, 0.05) is 31.2 Å². The van der Waals surface area contributed by atoms with Crippen molar-refractivity contribution in [3.05, 3.63) is 52.5 Å². The molecule has 43 heavy (non-hydrogen) atoms.